The first-order valence-electron chi connectivity index (χ1n) is 10.8. The van der Waals surface area contributed by atoms with Gasteiger partial charge in [-0.15, -0.1) is 0 Å². The lowest BCUT2D eigenvalue weighted by molar-refractivity contribution is 0.0740. The smallest absolute Gasteiger partial charge is 0.272 e. The molecule has 3 N–H and O–H groups in total. The van der Waals surface area contributed by atoms with E-state index < -0.39 is 0 Å². The molecule has 0 aromatic carbocycles. The fourth-order valence-corrected chi connectivity index (χ4v) is 3.66. The molecule has 0 saturated carbocycles. The molecule has 9 nitrogen and oxygen atoms in total. The summed E-state index contributed by atoms with van der Waals surface area (Å²) >= 11 is 0. The third kappa shape index (κ3) is 5.08. The molecule has 1 aliphatic heterocycles. The molecule has 9 heteroatoms. The standard InChI is InChI=1S/C24H27N7O2.H2/c1-16(2)33-22-14-18(19(25)15-29-22)23(26)17-6-8-28-21(13-17)30-9-11-31(12-10-30)24(32)20-5-3-4-7-27-20;/h3-8,13-16,26H,9-12,25H2,1-2H3;1H. The minimum Gasteiger partial charge on any atom is -0.475 e. The number of nitrogens with two attached hydrogens (primary N) is 1. The Morgan fingerprint density at radius 2 is 1.88 bits per heavy atom. The van der Waals surface area contributed by atoms with Crippen LogP contribution in [0.15, 0.2) is 55.0 Å². The van der Waals surface area contributed by atoms with E-state index in [0.29, 0.717) is 54.6 Å². The molecule has 1 amide bonds. The van der Waals surface area contributed by atoms with Gasteiger partial charge in [-0.25, -0.2) is 9.97 Å². The molecule has 4 rings (SSSR count). The van der Waals surface area contributed by atoms with Gasteiger partial charge in [0.1, 0.15) is 11.5 Å². The number of aromatic nitrogens is 3. The summed E-state index contributed by atoms with van der Waals surface area (Å²) in [6, 6.07) is 10.7. The van der Waals surface area contributed by atoms with Gasteiger partial charge in [0.2, 0.25) is 5.88 Å². The van der Waals surface area contributed by atoms with Crippen LogP contribution < -0.4 is 15.4 Å². The van der Waals surface area contributed by atoms with Gasteiger partial charge in [0, 0.05) is 57.2 Å². The zero-order chi connectivity index (χ0) is 23.4. The Bertz CT molecular complexity index is 1150. The third-order valence-electron chi connectivity index (χ3n) is 5.34. The fourth-order valence-electron chi connectivity index (χ4n) is 3.66. The highest BCUT2D eigenvalue weighted by Crippen LogP contribution is 2.23. The van der Waals surface area contributed by atoms with Gasteiger partial charge in [-0.05, 0) is 38.1 Å². The average Bonchev–Trinajstić information content (AvgIpc) is 2.85. The van der Waals surface area contributed by atoms with Gasteiger partial charge < -0.3 is 20.3 Å². The predicted molar refractivity (Wildman–Crippen MR) is 129 cm³/mol. The monoisotopic (exact) mass is 447 g/mol. The average molecular weight is 448 g/mol. The van der Waals surface area contributed by atoms with Crippen LogP contribution >= 0.6 is 0 Å². The molecule has 0 aliphatic carbocycles. The third-order valence-corrected chi connectivity index (χ3v) is 5.34. The summed E-state index contributed by atoms with van der Waals surface area (Å²) in [6.45, 7) is 6.28. The summed E-state index contributed by atoms with van der Waals surface area (Å²) in [6.07, 6.45) is 4.80. The van der Waals surface area contributed by atoms with Crippen molar-refractivity contribution in [2.75, 3.05) is 36.8 Å². The number of hydrogen-bond acceptors (Lipinski definition) is 8. The first kappa shape index (κ1) is 22.2. The second-order valence-corrected chi connectivity index (χ2v) is 8.05. The molecule has 172 valence electrons. The van der Waals surface area contributed by atoms with Crippen molar-refractivity contribution in [3.63, 3.8) is 0 Å². The number of nitrogens with zero attached hydrogens (tertiary/aromatic N) is 5. The molecule has 4 heterocycles. The predicted octanol–water partition coefficient (Wildman–Crippen LogP) is 2.87. The van der Waals surface area contributed by atoms with Crippen LogP contribution in [0.5, 0.6) is 5.88 Å². The van der Waals surface area contributed by atoms with Crippen molar-refractivity contribution in [1.29, 1.82) is 5.41 Å². The number of rotatable bonds is 6. The molecule has 0 atom stereocenters. The van der Waals surface area contributed by atoms with Gasteiger partial charge in [0.05, 0.1) is 23.7 Å². The number of anilines is 2. The fraction of sp³-hybridized carbons (Fsp3) is 0.292. The van der Waals surface area contributed by atoms with Crippen molar-refractivity contribution < 1.29 is 11.0 Å². The minimum absolute atomic E-state index is 0. The highest BCUT2D eigenvalue weighted by atomic mass is 16.5. The Morgan fingerprint density at radius 3 is 2.58 bits per heavy atom. The highest BCUT2D eigenvalue weighted by Gasteiger charge is 2.24. The van der Waals surface area contributed by atoms with Gasteiger partial charge in [-0.1, -0.05) is 6.07 Å². The summed E-state index contributed by atoms with van der Waals surface area (Å²) in [5, 5.41) is 8.72. The maximum Gasteiger partial charge on any atom is 0.272 e. The molecule has 1 aliphatic rings. The molecule has 0 radical (unpaired) electrons. The highest BCUT2D eigenvalue weighted by molar-refractivity contribution is 6.14. The first-order chi connectivity index (χ1) is 15.9. The van der Waals surface area contributed by atoms with E-state index >= 15 is 0 Å². The molecule has 0 bridgehead atoms. The minimum atomic E-state index is -0.0636. The second-order valence-electron chi connectivity index (χ2n) is 8.05. The molecule has 0 unspecified atom stereocenters. The van der Waals surface area contributed by atoms with Gasteiger partial charge in [0.15, 0.2) is 0 Å². The number of carbonyl (C=O) groups excluding carboxylic acids is 1. The summed E-state index contributed by atoms with van der Waals surface area (Å²) in [4.78, 5) is 29.4. The number of hydrogen-bond donors (Lipinski definition) is 2. The van der Waals surface area contributed by atoms with Crippen LogP contribution in [0.25, 0.3) is 0 Å². The van der Waals surface area contributed by atoms with E-state index in [0.717, 1.165) is 5.82 Å². The van der Waals surface area contributed by atoms with E-state index in [1.165, 1.54) is 6.20 Å². The van der Waals surface area contributed by atoms with Crippen molar-refractivity contribution in [1.82, 2.24) is 19.9 Å². The van der Waals surface area contributed by atoms with Gasteiger partial charge in [-0.2, -0.15) is 0 Å². The number of amides is 1. The lowest BCUT2D eigenvalue weighted by Crippen LogP contribution is -2.49. The van der Waals surface area contributed by atoms with Crippen molar-refractivity contribution in [2.24, 2.45) is 0 Å². The van der Waals surface area contributed by atoms with E-state index in [4.69, 9.17) is 15.9 Å². The molecule has 3 aromatic heterocycles. The maximum atomic E-state index is 12.6. The lowest BCUT2D eigenvalue weighted by Gasteiger charge is -2.35. The molecule has 33 heavy (non-hydrogen) atoms. The number of piperazine rings is 1. The first-order valence-corrected chi connectivity index (χ1v) is 10.8. The quantitative estimate of drug-likeness (QED) is 0.557. The maximum absolute atomic E-state index is 12.6. The normalized spacial score (nSPS) is 13.8. The van der Waals surface area contributed by atoms with Crippen LogP contribution in [0.1, 0.15) is 36.9 Å². The Kier molecular flexibility index (Phi) is 6.48. The molecular weight excluding hydrogens is 418 g/mol. The van der Waals surface area contributed by atoms with Crippen LogP contribution in [0.3, 0.4) is 0 Å². The van der Waals surface area contributed by atoms with E-state index in [2.05, 4.69) is 19.9 Å². The van der Waals surface area contributed by atoms with Gasteiger partial charge in [0.25, 0.3) is 5.91 Å². The van der Waals surface area contributed by atoms with E-state index in [1.54, 1.807) is 41.6 Å². The number of ether oxygens (including phenoxy) is 1. The van der Waals surface area contributed by atoms with E-state index in [1.807, 2.05) is 26.0 Å². The summed E-state index contributed by atoms with van der Waals surface area (Å²) in [5.41, 5.74) is 8.50. The number of nitrogens with one attached hydrogen (secondary N) is 1. The Balaban J connectivity index is 0.00000324. The van der Waals surface area contributed by atoms with Crippen molar-refractivity contribution in [3.8, 4) is 5.88 Å². The summed E-state index contributed by atoms with van der Waals surface area (Å²) in [5.74, 6) is 1.13. The van der Waals surface area contributed by atoms with Crippen LogP contribution in [-0.2, 0) is 0 Å². The zero-order valence-corrected chi connectivity index (χ0v) is 18.7. The van der Waals surface area contributed by atoms with Gasteiger partial charge in [-0.3, -0.25) is 15.2 Å². The topological polar surface area (TPSA) is 121 Å². The summed E-state index contributed by atoms with van der Waals surface area (Å²) < 4.78 is 5.66. The molecule has 3 aromatic rings. The number of pyridine rings is 3. The van der Waals surface area contributed by atoms with Crippen LogP contribution in [0.2, 0.25) is 0 Å². The SMILES string of the molecule is CC(C)Oc1cc(C(=N)c2ccnc(N3CCN(C(=O)c4ccccn4)CC3)c2)c(N)cn1.[HH]. The zero-order valence-electron chi connectivity index (χ0n) is 18.7. The largest absolute Gasteiger partial charge is 0.475 e. The Labute approximate surface area is 194 Å². The van der Waals surface area contributed by atoms with Crippen LogP contribution in [0, 0.1) is 5.41 Å². The Morgan fingerprint density at radius 1 is 1.09 bits per heavy atom. The Hall–Kier alpha value is -4.01. The van der Waals surface area contributed by atoms with Crippen LogP contribution in [0.4, 0.5) is 11.5 Å². The second kappa shape index (κ2) is 9.64. The van der Waals surface area contributed by atoms with Crippen molar-refractivity contribution >= 4 is 23.1 Å². The molecule has 1 fully saturated rings. The summed E-state index contributed by atoms with van der Waals surface area (Å²) in [7, 11) is 0. The van der Waals surface area contributed by atoms with Crippen molar-refractivity contribution in [2.45, 2.75) is 20.0 Å². The van der Waals surface area contributed by atoms with E-state index in [-0.39, 0.29) is 19.1 Å². The molecular formula is C24H29N7O2. The molecule has 1 saturated heterocycles. The number of nitrogen functional groups attached to an aromatic ring is 1. The van der Waals surface area contributed by atoms with Gasteiger partial charge >= 0.3 is 0 Å². The molecule has 0 spiro atoms. The number of carbonyl (C=O) groups is 1. The van der Waals surface area contributed by atoms with Crippen molar-refractivity contribution in [3.05, 3.63) is 71.8 Å². The van der Waals surface area contributed by atoms with Crippen LogP contribution in [-0.4, -0.2) is 63.8 Å². The van der Waals surface area contributed by atoms with E-state index in [9.17, 15) is 4.79 Å². The lowest BCUT2D eigenvalue weighted by atomic mass is 10.0.